The fourth-order valence-electron chi connectivity index (χ4n) is 9.41. The van der Waals surface area contributed by atoms with Gasteiger partial charge >= 0.3 is 0 Å². The standard InChI is InChI=1S/C58H38N2O/c1-3-17-39(18-4-1)42-33-35-45(40-19-5-2-6-20-40)55(37-42)59(52-31-15-22-41-21-7-8-23-44(41)52)43-34-36-48-46-24-9-12-29-53(46)60(56(48)38-43)54-30-13-10-25-47(54)50-27-16-28-51-49-26-11-14-32-57(49)61-58(50)51/h1-38H. The Morgan fingerprint density at radius 2 is 0.984 bits per heavy atom. The Balaban J connectivity index is 1.15. The predicted octanol–water partition coefficient (Wildman–Crippen LogP) is 16.3. The summed E-state index contributed by atoms with van der Waals surface area (Å²) in [6.07, 6.45) is 0. The molecule has 286 valence electrons. The van der Waals surface area contributed by atoms with E-state index in [1.165, 1.54) is 27.1 Å². The van der Waals surface area contributed by atoms with E-state index in [4.69, 9.17) is 4.42 Å². The minimum Gasteiger partial charge on any atom is -0.455 e. The maximum Gasteiger partial charge on any atom is 0.143 e. The molecule has 0 fully saturated rings. The molecule has 0 spiro atoms. The summed E-state index contributed by atoms with van der Waals surface area (Å²) in [7, 11) is 0. The van der Waals surface area contributed by atoms with E-state index in [0.29, 0.717) is 0 Å². The molecule has 0 atom stereocenters. The van der Waals surface area contributed by atoms with Gasteiger partial charge < -0.3 is 13.9 Å². The molecule has 12 aromatic rings. The summed E-state index contributed by atoms with van der Waals surface area (Å²) in [4.78, 5) is 2.47. The van der Waals surface area contributed by atoms with E-state index in [0.717, 1.165) is 83.5 Å². The van der Waals surface area contributed by atoms with Crippen molar-refractivity contribution in [3.05, 3.63) is 231 Å². The van der Waals surface area contributed by atoms with Crippen LogP contribution in [0.15, 0.2) is 235 Å². The monoisotopic (exact) mass is 778 g/mol. The molecule has 0 saturated carbocycles. The van der Waals surface area contributed by atoms with Gasteiger partial charge in [0, 0.05) is 49.3 Å². The van der Waals surface area contributed by atoms with Gasteiger partial charge in [0.2, 0.25) is 0 Å². The van der Waals surface area contributed by atoms with Crippen LogP contribution >= 0.6 is 0 Å². The number of hydrogen-bond donors (Lipinski definition) is 0. The topological polar surface area (TPSA) is 21.3 Å². The highest BCUT2D eigenvalue weighted by atomic mass is 16.3. The van der Waals surface area contributed by atoms with Crippen molar-refractivity contribution in [3.63, 3.8) is 0 Å². The van der Waals surface area contributed by atoms with Crippen molar-refractivity contribution in [1.82, 2.24) is 4.57 Å². The van der Waals surface area contributed by atoms with Crippen LogP contribution < -0.4 is 4.90 Å². The number of anilines is 3. The number of rotatable bonds is 7. The Bertz CT molecular complexity index is 3590. The third kappa shape index (κ3) is 5.74. The fourth-order valence-corrected chi connectivity index (χ4v) is 9.41. The van der Waals surface area contributed by atoms with Gasteiger partial charge in [-0.3, -0.25) is 0 Å². The zero-order valence-electron chi connectivity index (χ0n) is 33.2. The highest BCUT2D eigenvalue weighted by molar-refractivity contribution is 6.13. The molecule has 0 aliphatic rings. The van der Waals surface area contributed by atoms with Crippen LogP contribution in [0.4, 0.5) is 17.1 Å². The van der Waals surface area contributed by atoms with Crippen LogP contribution in [0, 0.1) is 0 Å². The van der Waals surface area contributed by atoms with Crippen LogP contribution in [0.25, 0.3) is 93.6 Å². The lowest BCUT2D eigenvalue weighted by Crippen LogP contribution is -2.12. The van der Waals surface area contributed by atoms with Crippen molar-refractivity contribution < 1.29 is 4.42 Å². The third-order valence-electron chi connectivity index (χ3n) is 12.2. The van der Waals surface area contributed by atoms with E-state index < -0.39 is 0 Å². The largest absolute Gasteiger partial charge is 0.455 e. The normalized spacial score (nSPS) is 11.6. The molecule has 0 aliphatic carbocycles. The van der Waals surface area contributed by atoms with Crippen molar-refractivity contribution in [2.24, 2.45) is 0 Å². The second-order valence-corrected chi connectivity index (χ2v) is 15.6. The van der Waals surface area contributed by atoms with Crippen LogP contribution in [-0.2, 0) is 0 Å². The third-order valence-corrected chi connectivity index (χ3v) is 12.2. The van der Waals surface area contributed by atoms with Crippen molar-refractivity contribution >= 4 is 71.6 Å². The van der Waals surface area contributed by atoms with Gasteiger partial charge in [-0.05, 0) is 64.5 Å². The van der Waals surface area contributed by atoms with Crippen LogP contribution in [0.3, 0.4) is 0 Å². The van der Waals surface area contributed by atoms with Gasteiger partial charge in [-0.2, -0.15) is 0 Å². The summed E-state index contributed by atoms with van der Waals surface area (Å²) in [6, 6.07) is 83.0. The smallest absolute Gasteiger partial charge is 0.143 e. The number of hydrogen-bond acceptors (Lipinski definition) is 2. The molecule has 0 saturated heterocycles. The molecule has 3 heteroatoms. The first-order valence-corrected chi connectivity index (χ1v) is 20.8. The highest BCUT2D eigenvalue weighted by Crippen LogP contribution is 2.47. The number of fused-ring (bicyclic) bond motifs is 7. The molecule has 2 heterocycles. The van der Waals surface area contributed by atoms with Crippen molar-refractivity contribution in [2.45, 2.75) is 0 Å². The zero-order chi connectivity index (χ0) is 40.3. The first-order chi connectivity index (χ1) is 30.3. The number of furan rings is 1. The molecular weight excluding hydrogens is 741 g/mol. The summed E-state index contributed by atoms with van der Waals surface area (Å²) in [5.41, 5.74) is 15.2. The lowest BCUT2D eigenvalue weighted by Gasteiger charge is -2.30. The average molecular weight is 779 g/mol. The number of nitrogens with zero attached hydrogens (tertiary/aromatic N) is 2. The molecule has 3 nitrogen and oxygen atoms in total. The molecule has 0 amide bonds. The van der Waals surface area contributed by atoms with Crippen LogP contribution in [-0.4, -0.2) is 4.57 Å². The molecule has 0 bridgehead atoms. The van der Waals surface area contributed by atoms with E-state index in [1.54, 1.807) is 0 Å². The molecule has 2 aromatic heterocycles. The van der Waals surface area contributed by atoms with E-state index in [1.807, 2.05) is 6.07 Å². The Labute approximate surface area is 353 Å². The minimum atomic E-state index is 0.892. The molecule has 12 rings (SSSR count). The van der Waals surface area contributed by atoms with Crippen LogP contribution in [0.5, 0.6) is 0 Å². The first-order valence-electron chi connectivity index (χ1n) is 20.8. The SMILES string of the molecule is c1ccc(-c2ccc(-c3ccccc3)c(N(c3ccc4c5ccccc5n(-c5ccccc5-c5cccc6c5oc5ccccc56)c4c3)c3cccc4ccccc34)c2)cc1. The number of aromatic nitrogens is 1. The Morgan fingerprint density at radius 1 is 0.344 bits per heavy atom. The van der Waals surface area contributed by atoms with E-state index in [2.05, 4.69) is 234 Å². The Morgan fingerprint density at radius 3 is 1.85 bits per heavy atom. The zero-order valence-corrected chi connectivity index (χ0v) is 33.2. The van der Waals surface area contributed by atoms with Gasteiger partial charge in [0.25, 0.3) is 0 Å². The molecule has 0 radical (unpaired) electrons. The van der Waals surface area contributed by atoms with Crippen LogP contribution in [0.2, 0.25) is 0 Å². The van der Waals surface area contributed by atoms with Gasteiger partial charge in [0.05, 0.1) is 28.1 Å². The van der Waals surface area contributed by atoms with Gasteiger partial charge in [-0.1, -0.05) is 188 Å². The van der Waals surface area contributed by atoms with Crippen LogP contribution in [0.1, 0.15) is 0 Å². The molecule has 10 aromatic carbocycles. The van der Waals surface area contributed by atoms with Gasteiger partial charge in [0.1, 0.15) is 11.2 Å². The molecule has 0 N–H and O–H groups in total. The fraction of sp³-hybridized carbons (Fsp3) is 0. The molecule has 61 heavy (non-hydrogen) atoms. The molecular formula is C58H38N2O. The minimum absolute atomic E-state index is 0.892. The molecule has 0 unspecified atom stereocenters. The van der Waals surface area contributed by atoms with Gasteiger partial charge in [-0.25, -0.2) is 0 Å². The summed E-state index contributed by atoms with van der Waals surface area (Å²) >= 11 is 0. The second-order valence-electron chi connectivity index (χ2n) is 15.6. The summed E-state index contributed by atoms with van der Waals surface area (Å²) < 4.78 is 9.09. The Kier molecular flexibility index (Phi) is 8.17. The lowest BCUT2D eigenvalue weighted by molar-refractivity contribution is 0.670. The highest BCUT2D eigenvalue weighted by Gasteiger charge is 2.24. The van der Waals surface area contributed by atoms with Crippen molar-refractivity contribution in [2.75, 3.05) is 4.90 Å². The second kappa shape index (κ2) is 14.3. The van der Waals surface area contributed by atoms with Crippen molar-refractivity contribution in [1.29, 1.82) is 0 Å². The van der Waals surface area contributed by atoms with Crippen molar-refractivity contribution in [3.8, 4) is 39.1 Å². The lowest BCUT2D eigenvalue weighted by atomic mass is 9.96. The average Bonchev–Trinajstić information content (AvgIpc) is 3.88. The summed E-state index contributed by atoms with van der Waals surface area (Å²) in [6.45, 7) is 0. The van der Waals surface area contributed by atoms with E-state index in [-0.39, 0.29) is 0 Å². The maximum atomic E-state index is 6.64. The maximum absolute atomic E-state index is 6.64. The summed E-state index contributed by atoms with van der Waals surface area (Å²) in [5.74, 6) is 0. The number of para-hydroxylation sites is 4. The number of benzene rings is 10. The van der Waals surface area contributed by atoms with E-state index in [9.17, 15) is 0 Å². The summed E-state index contributed by atoms with van der Waals surface area (Å²) in [5, 5.41) is 7.00. The van der Waals surface area contributed by atoms with Gasteiger partial charge in [-0.15, -0.1) is 0 Å². The first kappa shape index (κ1) is 34.9. The van der Waals surface area contributed by atoms with Gasteiger partial charge in [0.15, 0.2) is 0 Å². The Hall–Kier alpha value is -8.14. The predicted molar refractivity (Wildman–Crippen MR) is 257 cm³/mol. The molecule has 0 aliphatic heterocycles. The van der Waals surface area contributed by atoms with E-state index >= 15 is 0 Å². The quantitative estimate of drug-likeness (QED) is 0.161.